The Morgan fingerprint density at radius 1 is 0.939 bits per heavy atom. The standard InChI is InChI=1S/C24H28N4O4S/c1-2-28-23(29)21(17-20-7-8-22(32-20)27-11-15-31-16-12-27)33-24(28)25-18-3-5-19(6-4-18)26-9-13-30-14-10-26/h3-8,17H,2,9-16H2,1H3/b21-17-,25-24?. The molecule has 0 spiro atoms. The fourth-order valence-electron chi connectivity index (χ4n) is 4.04. The van der Waals surface area contributed by atoms with E-state index >= 15 is 0 Å². The van der Waals surface area contributed by atoms with Crippen molar-refractivity contribution in [3.8, 4) is 0 Å². The number of likely N-dealkylation sites (N-methyl/N-ethyl adjacent to an activating group) is 1. The van der Waals surface area contributed by atoms with Crippen molar-refractivity contribution < 1.29 is 18.7 Å². The van der Waals surface area contributed by atoms with E-state index in [1.54, 1.807) is 4.90 Å². The molecule has 1 aromatic heterocycles. The van der Waals surface area contributed by atoms with Crippen molar-refractivity contribution in [2.24, 2.45) is 4.99 Å². The molecule has 8 nitrogen and oxygen atoms in total. The summed E-state index contributed by atoms with van der Waals surface area (Å²) in [6.45, 7) is 8.84. The summed E-state index contributed by atoms with van der Waals surface area (Å²) >= 11 is 1.39. The van der Waals surface area contributed by atoms with Crippen LogP contribution in [0.1, 0.15) is 12.7 Å². The number of aliphatic imine (C=N–C) groups is 1. The van der Waals surface area contributed by atoms with Crippen LogP contribution in [-0.2, 0) is 14.3 Å². The summed E-state index contributed by atoms with van der Waals surface area (Å²) in [4.78, 5) is 24.5. The summed E-state index contributed by atoms with van der Waals surface area (Å²) in [6, 6.07) is 12.0. The number of nitrogens with zero attached hydrogens (tertiary/aromatic N) is 4. The highest BCUT2D eigenvalue weighted by Gasteiger charge is 2.32. The number of amidine groups is 1. The molecule has 3 aliphatic rings. The number of benzene rings is 1. The second-order valence-corrected chi connectivity index (χ2v) is 8.95. The van der Waals surface area contributed by atoms with Gasteiger partial charge in [0.05, 0.1) is 37.0 Å². The van der Waals surface area contributed by atoms with Gasteiger partial charge in [-0.2, -0.15) is 0 Å². The SMILES string of the molecule is CCN1C(=O)/C(=C/c2ccc(N3CCOCC3)o2)SC1=Nc1ccc(N2CCOCC2)cc1. The quantitative estimate of drug-likeness (QED) is 0.621. The van der Waals surface area contributed by atoms with E-state index in [1.165, 1.54) is 17.4 Å². The van der Waals surface area contributed by atoms with Crippen molar-refractivity contribution in [1.82, 2.24) is 4.90 Å². The predicted molar refractivity (Wildman–Crippen MR) is 131 cm³/mol. The summed E-state index contributed by atoms with van der Waals surface area (Å²) in [5, 5.41) is 0.688. The molecule has 174 valence electrons. The van der Waals surface area contributed by atoms with Crippen LogP contribution >= 0.6 is 11.8 Å². The van der Waals surface area contributed by atoms with Gasteiger partial charge in [0.15, 0.2) is 11.1 Å². The molecule has 0 atom stereocenters. The predicted octanol–water partition coefficient (Wildman–Crippen LogP) is 3.58. The molecular formula is C24H28N4O4S. The molecule has 9 heteroatoms. The van der Waals surface area contributed by atoms with Crippen molar-refractivity contribution in [1.29, 1.82) is 0 Å². The zero-order chi connectivity index (χ0) is 22.6. The van der Waals surface area contributed by atoms with E-state index < -0.39 is 0 Å². The third kappa shape index (κ3) is 4.95. The largest absolute Gasteiger partial charge is 0.441 e. The molecular weight excluding hydrogens is 440 g/mol. The Bertz CT molecular complexity index is 1040. The topological polar surface area (TPSA) is 70.8 Å². The number of carbonyl (C=O) groups excluding carboxylic acids is 1. The van der Waals surface area contributed by atoms with Gasteiger partial charge in [0.1, 0.15) is 5.76 Å². The highest BCUT2D eigenvalue weighted by Crippen LogP contribution is 2.35. The molecule has 0 radical (unpaired) electrons. The molecule has 0 saturated carbocycles. The van der Waals surface area contributed by atoms with Gasteiger partial charge in [-0.3, -0.25) is 9.69 Å². The van der Waals surface area contributed by atoms with Crippen molar-refractivity contribution in [3.05, 3.63) is 47.1 Å². The first-order chi connectivity index (χ1) is 16.2. The van der Waals surface area contributed by atoms with Crippen molar-refractivity contribution in [2.75, 3.05) is 69.0 Å². The molecule has 0 aliphatic carbocycles. The van der Waals surface area contributed by atoms with E-state index in [9.17, 15) is 4.79 Å². The zero-order valence-electron chi connectivity index (χ0n) is 18.7. The molecule has 3 aliphatic heterocycles. The number of carbonyl (C=O) groups is 1. The molecule has 33 heavy (non-hydrogen) atoms. The van der Waals surface area contributed by atoms with E-state index in [0.29, 0.717) is 35.6 Å². The number of hydrogen-bond acceptors (Lipinski definition) is 8. The number of amides is 1. The number of morpholine rings is 2. The smallest absolute Gasteiger partial charge is 0.266 e. The molecule has 0 bridgehead atoms. The first-order valence-electron chi connectivity index (χ1n) is 11.4. The lowest BCUT2D eigenvalue weighted by atomic mass is 10.2. The van der Waals surface area contributed by atoms with Crippen LogP contribution in [0.5, 0.6) is 0 Å². The lowest BCUT2D eigenvalue weighted by molar-refractivity contribution is -0.122. The van der Waals surface area contributed by atoms with E-state index in [2.05, 4.69) is 21.9 Å². The van der Waals surface area contributed by atoms with Crippen LogP contribution < -0.4 is 9.80 Å². The van der Waals surface area contributed by atoms with Gasteiger partial charge in [-0.25, -0.2) is 4.99 Å². The Morgan fingerprint density at radius 3 is 2.27 bits per heavy atom. The summed E-state index contributed by atoms with van der Waals surface area (Å²) in [5.74, 6) is 1.43. The van der Waals surface area contributed by atoms with Gasteiger partial charge in [-0.1, -0.05) is 0 Å². The Morgan fingerprint density at radius 2 is 1.61 bits per heavy atom. The Kier molecular flexibility index (Phi) is 6.70. The number of rotatable bonds is 5. The van der Waals surface area contributed by atoms with E-state index in [4.69, 9.17) is 18.9 Å². The highest BCUT2D eigenvalue weighted by molar-refractivity contribution is 8.18. The monoisotopic (exact) mass is 468 g/mol. The van der Waals surface area contributed by atoms with Gasteiger partial charge < -0.3 is 23.7 Å². The molecule has 3 saturated heterocycles. The second-order valence-electron chi connectivity index (χ2n) is 7.95. The maximum absolute atomic E-state index is 13.0. The first-order valence-corrected chi connectivity index (χ1v) is 12.2. The van der Waals surface area contributed by atoms with E-state index in [1.807, 2.05) is 37.3 Å². The number of anilines is 2. The minimum Gasteiger partial charge on any atom is -0.441 e. The lowest BCUT2D eigenvalue weighted by Gasteiger charge is -2.28. The first kappa shape index (κ1) is 22.1. The highest BCUT2D eigenvalue weighted by atomic mass is 32.2. The third-order valence-electron chi connectivity index (χ3n) is 5.86. The Labute approximate surface area is 197 Å². The van der Waals surface area contributed by atoms with Gasteiger partial charge >= 0.3 is 0 Å². The van der Waals surface area contributed by atoms with Crippen LogP contribution in [0.25, 0.3) is 6.08 Å². The summed E-state index contributed by atoms with van der Waals surface area (Å²) in [5.41, 5.74) is 1.99. The van der Waals surface area contributed by atoms with Gasteiger partial charge in [-0.15, -0.1) is 0 Å². The molecule has 0 unspecified atom stereocenters. The van der Waals surface area contributed by atoms with Crippen LogP contribution in [0, 0.1) is 0 Å². The summed E-state index contributed by atoms with van der Waals surface area (Å²) in [6.07, 6.45) is 1.81. The average molecular weight is 469 g/mol. The normalized spacial score (nSPS) is 22.1. The number of hydrogen-bond donors (Lipinski definition) is 0. The fourth-order valence-corrected chi connectivity index (χ4v) is 5.09. The van der Waals surface area contributed by atoms with Crippen LogP contribution in [0.2, 0.25) is 0 Å². The van der Waals surface area contributed by atoms with Gasteiger partial charge in [0.2, 0.25) is 0 Å². The van der Waals surface area contributed by atoms with E-state index in [-0.39, 0.29) is 5.91 Å². The van der Waals surface area contributed by atoms with Gasteiger partial charge in [0, 0.05) is 50.6 Å². The van der Waals surface area contributed by atoms with Crippen molar-refractivity contribution >= 4 is 46.2 Å². The van der Waals surface area contributed by atoms with Gasteiger partial charge in [-0.05, 0) is 49.0 Å². The zero-order valence-corrected chi connectivity index (χ0v) is 19.6. The average Bonchev–Trinajstić information content (AvgIpc) is 3.45. The minimum atomic E-state index is -0.0458. The van der Waals surface area contributed by atoms with Crippen molar-refractivity contribution in [2.45, 2.75) is 6.92 Å². The van der Waals surface area contributed by atoms with Crippen LogP contribution in [-0.4, -0.2) is 75.1 Å². The minimum absolute atomic E-state index is 0.0458. The molecule has 3 fully saturated rings. The molecule has 1 aromatic carbocycles. The maximum Gasteiger partial charge on any atom is 0.266 e. The molecule has 1 amide bonds. The molecule has 2 aromatic rings. The maximum atomic E-state index is 13.0. The molecule has 0 N–H and O–H groups in total. The second kappa shape index (κ2) is 10.0. The molecule has 5 rings (SSSR count). The van der Waals surface area contributed by atoms with Gasteiger partial charge in [0.25, 0.3) is 5.91 Å². The number of ether oxygens (including phenoxy) is 2. The number of furan rings is 1. The third-order valence-corrected chi connectivity index (χ3v) is 6.87. The van der Waals surface area contributed by atoms with Crippen molar-refractivity contribution in [3.63, 3.8) is 0 Å². The lowest BCUT2D eigenvalue weighted by Crippen LogP contribution is -2.36. The summed E-state index contributed by atoms with van der Waals surface area (Å²) < 4.78 is 16.8. The molecule has 4 heterocycles. The summed E-state index contributed by atoms with van der Waals surface area (Å²) in [7, 11) is 0. The van der Waals surface area contributed by atoms with E-state index in [0.717, 1.165) is 51.0 Å². The Hall–Kier alpha value is -2.75. The Balaban J connectivity index is 1.31. The number of thioether (sulfide) groups is 1. The van der Waals surface area contributed by atoms with Crippen LogP contribution in [0.4, 0.5) is 17.3 Å². The van der Waals surface area contributed by atoms with Crippen LogP contribution in [0.3, 0.4) is 0 Å². The van der Waals surface area contributed by atoms with Crippen LogP contribution in [0.15, 0.2) is 50.7 Å². The fraction of sp³-hybridized carbons (Fsp3) is 0.417.